The Kier molecular flexibility index (Phi) is 5.88. The fourth-order valence-electron chi connectivity index (χ4n) is 1.02. The minimum atomic E-state index is 0.0162. The molecule has 0 aliphatic heterocycles. The van der Waals surface area contributed by atoms with Crippen molar-refractivity contribution < 1.29 is 9.84 Å². The molecule has 0 aliphatic rings. The van der Waals surface area contributed by atoms with E-state index in [4.69, 9.17) is 21.4 Å². The highest BCUT2D eigenvalue weighted by atomic mass is 35.5. The van der Waals surface area contributed by atoms with E-state index in [0.29, 0.717) is 31.7 Å². The van der Waals surface area contributed by atoms with Crippen molar-refractivity contribution in [3.63, 3.8) is 0 Å². The number of hydrogen-bond donors (Lipinski definition) is 2. The van der Waals surface area contributed by atoms with Gasteiger partial charge in [0.15, 0.2) is 0 Å². The molecule has 1 aromatic heterocycles. The molecule has 0 aromatic carbocycles. The predicted molar refractivity (Wildman–Crippen MR) is 65.6 cm³/mol. The van der Waals surface area contributed by atoms with Gasteiger partial charge in [-0.1, -0.05) is 0 Å². The number of aliphatic hydroxyl groups is 1. The number of aromatic nitrogens is 3. The molecule has 17 heavy (non-hydrogen) atoms. The molecule has 0 spiro atoms. The zero-order chi connectivity index (χ0) is 12.7. The third-order valence-electron chi connectivity index (χ3n) is 1.76. The predicted octanol–water partition coefficient (Wildman–Crippen LogP) is 0.0118. The molecule has 1 aromatic rings. The van der Waals surface area contributed by atoms with Gasteiger partial charge in [0, 0.05) is 20.6 Å². The van der Waals surface area contributed by atoms with Gasteiger partial charge >= 0.3 is 0 Å². The summed E-state index contributed by atoms with van der Waals surface area (Å²) >= 11 is 5.76. The first-order valence-corrected chi connectivity index (χ1v) is 5.52. The molecule has 1 rings (SSSR count). The van der Waals surface area contributed by atoms with Gasteiger partial charge in [0.25, 0.3) is 0 Å². The molecule has 0 unspecified atom stereocenters. The number of anilines is 2. The molecule has 0 saturated carbocycles. The number of hydrogen-bond acceptors (Lipinski definition) is 7. The summed E-state index contributed by atoms with van der Waals surface area (Å²) in [7, 11) is 3.64. The van der Waals surface area contributed by atoms with Crippen LogP contribution in [-0.4, -0.2) is 60.5 Å². The van der Waals surface area contributed by atoms with Gasteiger partial charge in [-0.05, 0) is 11.6 Å². The van der Waals surface area contributed by atoms with Crippen molar-refractivity contribution in [3.8, 4) is 0 Å². The number of halogens is 1. The average molecular weight is 262 g/mol. The summed E-state index contributed by atoms with van der Waals surface area (Å²) in [5.74, 6) is 0.894. The quantitative estimate of drug-likeness (QED) is 0.669. The summed E-state index contributed by atoms with van der Waals surface area (Å²) in [4.78, 5) is 13.8. The fourth-order valence-corrected chi connectivity index (χ4v) is 1.18. The smallest absolute Gasteiger partial charge is 0.230 e. The lowest BCUT2D eigenvalue weighted by Crippen LogP contribution is -2.17. The largest absolute Gasteiger partial charge is 0.394 e. The molecule has 0 fully saturated rings. The van der Waals surface area contributed by atoms with Crippen molar-refractivity contribution in [2.75, 3.05) is 50.7 Å². The van der Waals surface area contributed by atoms with E-state index < -0.39 is 0 Å². The number of ether oxygens (including phenoxy) is 1. The molecule has 0 atom stereocenters. The summed E-state index contributed by atoms with van der Waals surface area (Å²) in [6.45, 7) is 1.33. The van der Waals surface area contributed by atoms with Crippen LogP contribution in [0.3, 0.4) is 0 Å². The fraction of sp³-hybridized carbons (Fsp3) is 0.667. The highest BCUT2D eigenvalue weighted by Crippen LogP contribution is 2.10. The minimum absolute atomic E-state index is 0.0162. The molecule has 0 amide bonds. The molecule has 8 heteroatoms. The number of aliphatic hydroxyl groups excluding tert-OH is 1. The summed E-state index contributed by atoms with van der Waals surface area (Å²) < 4.78 is 5.09. The average Bonchev–Trinajstić information content (AvgIpc) is 2.28. The van der Waals surface area contributed by atoms with Crippen molar-refractivity contribution in [1.82, 2.24) is 15.0 Å². The Hall–Kier alpha value is -1.18. The molecule has 2 N–H and O–H groups in total. The summed E-state index contributed by atoms with van der Waals surface area (Å²) in [5, 5.41) is 11.6. The van der Waals surface area contributed by atoms with Gasteiger partial charge in [-0.15, -0.1) is 0 Å². The van der Waals surface area contributed by atoms with Crippen LogP contribution < -0.4 is 10.2 Å². The number of nitrogens with zero attached hydrogens (tertiary/aromatic N) is 4. The molecule has 0 saturated heterocycles. The van der Waals surface area contributed by atoms with Gasteiger partial charge < -0.3 is 20.1 Å². The van der Waals surface area contributed by atoms with Crippen molar-refractivity contribution in [3.05, 3.63) is 5.28 Å². The van der Waals surface area contributed by atoms with Crippen molar-refractivity contribution >= 4 is 23.5 Å². The van der Waals surface area contributed by atoms with E-state index in [1.54, 1.807) is 4.90 Å². The lowest BCUT2D eigenvalue weighted by Gasteiger charge is -2.11. The molecular weight excluding hydrogens is 246 g/mol. The van der Waals surface area contributed by atoms with E-state index in [0.717, 1.165) is 0 Å². The van der Waals surface area contributed by atoms with Crippen LogP contribution in [-0.2, 0) is 4.74 Å². The van der Waals surface area contributed by atoms with E-state index in [1.807, 2.05) is 14.1 Å². The van der Waals surface area contributed by atoms with Gasteiger partial charge in [0.05, 0.1) is 19.8 Å². The van der Waals surface area contributed by atoms with Gasteiger partial charge in [0.1, 0.15) is 0 Å². The second-order valence-electron chi connectivity index (χ2n) is 3.39. The Morgan fingerprint density at radius 3 is 2.71 bits per heavy atom. The van der Waals surface area contributed by atoms with E-state index in [9.17, 15) is 0 Å². The van der Waals surface area contributed by atoms with Crippen LogP contribution in [0.25, 0.3) is 0 Å². The maximum atomic E-state index is 8.52. The van der Waals surface area contributed by atoms with Gasteiger partial charge in [-0.2, -0.15) is 15.0 Å². The second kappa shape index (κ2) is 7.21. The molecule has 7 nitrogen and oxygen atoms in total. The Morgan fingerprint density at radius 2 is 2.06 bits per heavy atom. The SMILES string of the molecule is CN(C)c1nc(Cl)nc(NCCOCCO)n1. The zero-order valence-electron chi connectivity index (χ0n) is 9.85. The first kappa shape index (κ1) is 13.9. The molecule has 96 valence electrons. The van der Waals surface area contributed by atoms with Crippen LogP contribution in [0, 0.1) is 0 Å². The molecule has 0 radical (unpaired) electrons. The lowest BCUT2D eigenvalue weighted by atomic mass is 10.6. The van der Waals surface area contributed by atoms with E-state index >= 15 is 0 Å². The summed E-state index contributed by atoms with van der Waals surface area (Å²) in [6.07, 6.45) is 0. The number of nitrogens with one attached hydrogen (secondary N) is 1. The standard InChI is InChI=1S/C9H16ClN5O2/c1-15(2)9-13-7(10)12-8(14-9)11-3-5-17-6-4-16/h16H,3-6H2,1-2H3,(H,11,12,13,14). The van der Waals surface area contributed by atoms with Crippen LogP contribution >= 0.6 is 11.6 Å². The first-order valence-electron chi connectivity index (χ1n) is 5.15. The third kappa shape index (κ3) is 5.12. The topological polar surface area (TPSA) is 83.4 Å². The molecule has 1 heterocycles. The van der Waals surface area contributed by atoms with Gasteiger partial charge in [-0.25, -0.2) is 0 Å². The van der Waals surface area contributed by atoms with Crippen molar-refractivity contribution in [1.29, 1.82) is 0 Å². The van der Waals surface area contributed by atoms with Crippen LogP contribution in [0.15, 0.2) is 0 Å². The maximum Gasteiger partial charge on any atom is 0.230 e. The van der Waals surface area contributed by atoms with E-state index in [-0.39, 0.29) is 11.9 Å². The Labute approximate surface area is 105 Å². The Morgan fingerprint density at radius 1 is 1.29 bits per heavy atom. The van der Waals surface area contributed by atoms with E-state index in [1.165, 1.54) is 0 Å². The van der Waals surface area contributed by atoms with Crippen LogP contribution in [0.4, 0.5) is 11.9 Å². The van der Waals surface area contributed by atoms with Crippen LogP contribution in [0.2, 0.25) is 5.28 Å². The summed E-state index contributed by atoms with van der Waals surface area (Å²) in [5.41, 5.74) is 0. The van der Waals surface area contributed by atoms with E-state index in [2.05, 4.69) is 20.3 Å². The lowest BCUT2D eigenvalue weighted by molar-refractivity contribution is 0.0991. The molecule has 0 bridgehead atoms. The maximum absolute atomic E-state index is 8.52. The highest BCUT2D eigenvalue weighted by molar-refractivity contribution is 6.28. The monoisotopic (exact) mass is 261 g/mol. The first-order chi connectivity index (χ1) is 8.13. The molecular formula is C9H16ClN5O2. The van der Waals surface area contributed by atoms with Gasteiger partial charge in [0.2, 0.25) is 17.2 Å². The van der Waals surface area contributed by atoms with Crippen molar-refractivity contribution in [2.45, 2.75) is 0 Å². The minimum Gasteiger partial charge on any atom is -0.394 e. The zero-order valence-corrected chi connectivity index (χ0v) is 10.6. The third-order valence-corrected chi connectivity index (χ3v) is 1.93. The Balaban J connectivity index is 2.47. The molecule has 0 aliphatic carbocycles. The summed E-state index contributed by atoms with van der Waals surface area (Å²) in [6, 6.07) is 0. The Bertz CT molecular complexity index is 350. The van der Waals surface area contributed by atoms with Crippen LogP contribution in [0.1, 0.15) is 0 Å². The van der Waals surface area contributed by atoms with Crippen LogP contribution in [0.5, 0.6) is 0 Å². The normalized spacial score (nSPS) is 10.4. The second-order valence-corrected chi connectivity index (χ2v) is 3.72. The number of rotatable bonds is 7. The van der Waals surface area contributed by atoms with Crippen molar-refractivity contribution in [2.24, 2.45) is 0 Å². The van der Waals surface area contributed by atoms with Gasteiger partial charge in [-0.3, -0.25) is 0 Å². The highest BCUT2D eigenvalue weighted by Gasteiger charge is 2.05.